The Morgan fingerprint density at radius 3 is 2.59 bits per heavy atom. The monoisotopic (exact) mass is 386 g/mol. The van der Waals surface area contributed by atoms with E-state index in [9.17, 15) is 4.79 Å². The van der Waals surface area contributed by atoms with Crippen LogP contribution in [-0.4, -0.2) is 54.9 Å². The molecule has 0 bridgehead atoms. The van der Waals surface area contributed by atoms with Crippen molar-refractivity contribution in [3.8, 4) is 11.3 Å². The molecular formula is C14H14BN4OSY-. The third-order valence-electron chi connectivity index (χ3n) is 3.32. The molecule has 0 saturated carbocycles. The molecule has 1 aromatic heterocycles. The molecule has 3 radical (unpaired) electrons. The third kappa shape index (κ3) is 4.38. The first-order valence-electron chi connectivity index (χ1n) is 6.72. The van der Waals surface area contributed by atoms with Crippen molar-refractivity contribution >= 4 is 30.5 Å². The van der Waals surface area contributed by atoms with Crippen LogP contribution in [-0.2, 0) is 32.7 Å². The van der Waals surface area contributed by atoms with Crippen molar-refractivity contribution in [1.29, 1.82) is 0 Å². The van der Waals surface area contributed by atoms with Crippen LogP contribution in [0.4, 0.5) is 9.93 Å². The van der Waals surface area contributed by atoms with Gasteiger partial charge in [-0.15, -0.1) is 12.1 Å². The SMILES string of the molecule is [B]N1CCN(C(=O)Nc2nc(-c3ccccc3)[c-]s2)CC1.[Y]. The number of benzene rings is 1. The molecule has 1 aliphatic heterocycles. The molecule has 0 atom stereocenters. The van der Waals surface area contributed by atoms with E-state index in [1.54, 1.807) is 9.71 Å². The summed E-state index contributed by atoms with van der Waals surface area (Å²) in [6.45, 7) is 2.63. The first kappa shape index (κ1) is 17.6. The van der Waals surface area contributed by atoms with Crippen molar-refractivity contribution in [2.75, 3.05) is 31.5 Å². The molecule has 1 saturated heterocycles. The fourth-order valence-electron chi connectivity index (χ4n) is 2.11. The van der Waals surface area contributed by atoms with Gasteiger partial charge >= 0.3 is 6.03 Å². The summed E-state index contributed by atoms with van der Waals surface area (Å²) >= 11 is 1.31. The predicted molar refractivity (Wildman–Crippen MR) is 84.3 cm³/mol. The van der Waals surface area contributed by atoms with Gasteiger partial charge in [0.25, 0.3) is 0 Å². The van der Waals surface area contributed by atoms with Gasteiger partial charge in [-0.2, -0.15) is 0 Å². The first-order valence-corrected chi connectivity index (χ1v) is 7.53. The maximum Gasteiger partial charge on any atom is 0.312 e. The number of thiazole rings is 1. The molecule has 2 heterocycles. The standard InChI is InChI=1S/C14H14BN4OS.Y/c15-19-8-6-18(7-9-19)14(20)17-13-16-12(10-21-13)11-4-2-1-3-5-11;/h1-5H,6-9H2,(H,16,17,20);/q-1;. The molecule has 1 aliphatic rings. The van der Waals surface area contributed by atoms with E-state index in [2.05, 4.69) is 15.7 Å². The Hall–Kier alpha value is -0.751. The van der Waals surface area contributed by atoms with Crippen molar-refractivity contribution in [2.45, 2.75) is 0 Å². The van der Waals surface area contributed by atoms with E-state index in [-0.39, 0.29) is 38.7 Å². The number of urea groups is 1. The number of rotatable bonds is 2. The molecule has 2 aromatic rings. The summed E-state index contributed by atoms with van der Waals surface area (Å²) in [5.41, 5.74) is 1.74. The molecule has 3 rings (SSSR count). The van der Waals surface area contributed by atoms with E-state index in [0.29, 0.717) is 31.3 Å². The summed E-state index contributed by atoms with van der Waals surface area (Å²) in [6, 6.07) is 9.66. The van der Waals surface area contributed by atoms with Crippen molar-refractivity contribution in [3.63, 3.8) is 0 Å². The van der Waals surface area contributed by atoms with Crippen molar-refractivity contribution in [1.82, 2.24) is 14.7 Å². The Bertz CT molecular complexity index is 616. The quantitative estimate of drug-likeness (QED) is 0.633. The Balaban J connectivity index is 0.00000176. The van der Waals surface area contributed by atoms with Crippen LogP contribution < -0.4 is 5.32 Å². The summed E-state index contributed by atoms with van der Waals surface area (Å²) in [7, 11) is 5.68. The minimum atomic E-state index is -0.134. The number of carbonyl (C=O) groups is 1. The second-order valence-electron chi connectivity index (χ2n) is 4.79. The van der Waals surface area contributed by atoms with E-state index < -0.39 is 0 Å². The number of anilines is 1. The van der Waals surface area contributed by atoms with Gasteiger partial charge in [-0.3, -0.25) is 0 Å². The van der Waals surface area contributed by atoms with Gasteiger partial charge in [0.2, 0.25) is 0 Å². The van der Waals surface area contributed by atoms with Gasteiger partial charge < -0.3 is 20.0 Å². The zero-order valence-corrected chi connectivity index (χ0v) is 15.7. The molecule has 5 nitrogen and oxygen atoms in total. The van der Waals surface area contributed by atoms with Crippen LogP contribution in [0.1, 0.15) is 0 Å². The minimum Gasteiger partial charge on any atom is -0.351 e. The first-order chi connectivity index (χ1) is 10.2. The van der Waals surface area contributed by atoms with Crippen LogP contribution >= 0.6 is 11.3 Å². The molecule has 22 heavy (non-hydrogen) atoms. The predicted octanol–water partition coefficient (Wildman–Crippen LogP) is 1.84. The zero-order valence-electron chi connectivity index (χ0n) is 12.0. The average molecular weight is 386 g/mol. The largest absolute Gasteiger partial charge is 0.351 e. The van der Waals surface area contributed by atoms with Crippen LogP contribution in [0.15, 0.2) is 30.3 Å². The van der Waals surface area contributed by atoms with Crippen LogP contribution in [0.3, 0.4) is 0 Å². The van der Waals surface area contributed by atoms with E-state index in [0.717, 1.165) is 11.3 Å². The normalized spacial score (nSPS) is 15.2. The number of amides is 2. The molecule has 2 amide bonds. The van der Waals surface area contributed by atoms with Crippen LogP contribution in [0.2, 0.25) is 0 Å². The molecule has 8 heteroatoms. The number of carbonyl (C=O) groups excluding carboxylic acids is 1. The van der Waals surface area contributed by atoms with Crippen molar-refractivity contribution in [2.24, 2.45) is 0 Å². The molecule has 0 spiro atoms. The fraction of sp³-hybridized carbons (Fsp3) is 0.286. The molecule has 0 aliphatic carbocycles. The van der Waals surface area contributed by atoms with Gasteiger partial charge in [0.15, 0.2) is 7.98 Å². The van der Waals surface area contributed by atoms with Gasteiger partial charge in [0, 0.05) is 58.9 Å². The molecular weight excluding hydrogens is 372 g/mol. The molecule has 1 fully saturated rings. The van der Waals surface area contributed by atoms with Gasteiger partial charge in [-0.25, -0.2) is 16.1 Å². The zero-order chi connectivity index (χ0) is 14.7. The average Bonchev–Trinajstić information content (AvgIpc) is 2.97. The van der Waals surface area contributed by atoms with Gasteiger partial charge in [-0.05, 0) is 5.69 Å². The van der Waals surface area contributed by atoms with E-state index in [1.165, 1.54) is 11.3 Å². The summed E-state index contributed by atoms with van der Waals surface area (Å²) < 4.78 is 0. The molecule has 109 valence electrons. The summed E-state index contributed by atoms with van der Waals surface area (Å²) in [5, 5.41) is 6.49. The summed E-state index contributed by atoms with van der Waals surface area (Å²) in [6.07, 6.45) is 0. The van der Waals surface area contributed by atoms with Gasteiger partial charge in [-0.1, -0.05) is 29.1 Å². The maximum absolute atomic E-state index is 12.1. The van der Waals surface area contributed by atoms with Crippen LogP contribution in [0.5, 0.6) is 0 Å². The molecule has 1 N–H and O–H groups in total. The Kier molecular flexibility index (Phi) is 6.56. The van der Waals surface area contributed by atoms with Crippen molar-refractivity contribution < 1.29 is 37.5 Å². The number of nitrogens with one attached hydrogen (secondary N) is 1. The van der Waals surface area contributed by atoms with Crippen LogP contribution in [0, 0.1) is 5.38 Å². The van der Waals surface area contributed by atoms with E-state index in [4.69, 9.17) is 7.98 Å². The topological polar surface area (TPSA) is 48.5 Å². The number of aromatic nitrogens is 1. The third-order valence-corrected chi connectivity index (χ3v) is 4.00. The van der Waals surface area contributed by atoms with Crippen molar-refractivity contribution in [3.05, 3.63) is 35.7 Å². The summed E-state index contributed by atoms with van der Waals surface area (Å²) in [5.74, 6) is 0. The maximum atomic E-state index is 12.1. The van der Waals surface area contributed by atoms with Gasteiger partial charge in [0.1, 0.15) is 0 Å². The van der Waals surface area contributed by atoms with Crippen LogP contribution in [0.25, 0.3) is 11.3 Å². The Labute approximate surface area is 160 Å². The number of hydrogen-bond acceptors (Lipinski definition) is 4. The molecule has 1 aromatic carbocycles. The number of hydrogen-bond donors (Lipinski definition) is 1. The second kappa shape index (κ2) is 8.20. The number of nitrogens with zero attached hydrogens (tertiary/aromatic N) is 3. The summed E-state index contributed by atoms with van der Waals surface area (Å²) in [4.78, 5) is 20.0. The van der Waals surface area contributed by atoms with E-state index in [1.807, 2.05) is 30.3 Å². The Morgan fingerprint density at radius 1 is 1.23 bits per heavy atom. The second-order valence-corrected chi connectivity index (χ2v) is 5.58. The van der Waals surface area contributed by atoms with Gasteiger partial charge in [0.05, 0.1) is 5.13 Å². The van der Waals surface area contributed by atoms with E-state index >= 15 is 0 Å². The smallest absolute Gasteiger partial charge is 0.312 e. The Morgan fingerprint density at radius 2 is 1.91 bits per heavy atom. The fourth-order valence-corrected chi connectivity index (χ4v) is 2.74. The molecule has 0 unspecified atom stereocenters. The minimum absolute atomic E-state index is 0. The number of piperazine rings is 1.